The summed E-state index contributed by atoms with van der Waals surface area (Å²) in [5.41, 5.74) is 1.18. The van der Waals surface area contributed by atoms with Crippen LogP contribution in [-0.4, -0.2) is 42.9 Å². The quantitative estimate of drug-likeness (QED) is 0.857. The van der Waals surface area contributed by atoms with Gasteiger partial charge in [-0.3, -0.25) is 4.90 Å². The molecule has 3 heterocycles. The largest absolute Gasteiger partial charge is 0.294 e. The van der Waals surface area contributed by atoms with Crippen LogP contribution in [0.15, 0.2) is 5.38 Å². The van der Waals surface area contributed by atoms with E-state index in [0.29, 0.717) is 23.5 Å². The van der Waals surface area contributed by atoms with Gasteiger partial charge in [-0.1, -0.05) is 0 Å². The first kappa shape index (κ1) is 13.5. The first-order valence-electron chi connectivity index (χ1n) is 6.90. The van der Waals surface area contributed by atoms with Crippen LogP contribution in [0.5, 0.6) is 0 Å². The molecule has 1 aromatic rings. The molecule has 0 spiro atoms. The zero-order valence-corrected chi connectivity index (χ0v) is 12.8. The van der Waals surface area contributed by atoms with Crippen LogP contribution < -0.4 is 0 Å². The zero-order valence-electron chi connectivity index (χ0n) is 11.2. The van der Waals surface area contributed by atoms with Crippen molar-refractivity contribution in [1.29, 1.82) is 0 Å². The van der Waals surface area contributed by atoms with Crippen molar-refractivity contribution in [2.24, 2.45) is 5.92 Å². The molecule has 6 heteroatoms. The van der Waals surface area contributed by atoms with Crippen molar-refractivity contribution in [3.05, 3.63) is 16.1 Å². The second kappa shape index (κ2) is 5.14. The predicted octanol–water partition coefficient (Wildman–Crippen LogP) is 2.02. The van der Waals surface area contributed by atoms with Crippen molar-refractivity contribution in [2.45, 2.75) is 32.2 Å². The molecule has 4 nitrogen and oxygen atoms in total. The standard InChI is InChI=1S/C13H20N2O2S2/c1-10-14-12(8-18-10)13-3-2-5-15(13)7-11-4-6-19(16,17)9-11/h8,11,13H,2-7,9H2,1H3. The lowest BCUT2D eigenvalue weighted by Gasteiger charge is -2.25. The number of aryl methyl sites for hydroxylation is 1. The van der Waals surface area contributed by atoms with Gasteiger partial charge in [-0.05, 0) is 38.6 Å². The van der Waals surface area contributed by atoms with Gasteiger partial charge in [-0.2, -0.15) is 0 Å². The van der Waals surface area contributed by atoms with Gasteiger partial charge in [0.25, 0.3) is 0 Å². The van der Waals surface area contributed by atoms with Crippen molar-refractivity contribution in [3.8, 4) is 0 Å². The Morgan fingerprint density at radius 1 is 1.47 bits per heavy atom. The fourth-order valence-corrected chi connectivity index (χ4v) is 5.77. The minimum atomic E-state index is -2.76. The smallest absolute Gasteiger partial charge is 0.150 e. The number of sulfone groups is 1. The molecule has 2 aliphatic heterocycles. The summed E-state index contributed by atoms with van der Waals surface area (Å²) in [5.74, 6) is 1.09. The van der Waals surface area contributed by atoms with Gasteiger partial charge < -0.3 is 0 Å². The summed E-state index contributed by atoms with van der Waals surface area (Å²) in [5, 5.41) is 3.27. The van der Waals surface area contributed by atoms with Crippen LogP contribution in [0.2, 0.25) is 0 Å². The summed E-state index contributed by atoms with van der Waals surface area (Å²) in [7, 11) is -2.76. The summed E-state index contributed by atoms with van der Waals surface area (Å²) in [6, 6.07) is 0.410. The Labute approximate surface area is 118 Å². The third-order valence-corrected chi connectivity index (χ3v) is 6.79. The van der Waals surface area contributed by atoms with E-state index in [0.717, 1.165) is 30.9 Å². The Balaban J connectivity index is 1.67. The van der Waals surface area contributed by atoms with Crippen molar-refractivity contribution in [1.82, 2.24) is 9.88 Å². The van der Waals surface area contributed by atoms with Crippen molar-refractivity contribution < 1.29 is 8.42 Å². The van der Waals surface area contributed by atoms with Crippen LogP contribution >= 0.6 is 11.3 Å². The maximum absolute atomic E-state index is 11.5. The lowest BCUT2D eigenvalue weighted by atomic mass is 10.1. The van der Waals surface area contributed by atoms with E-state index in [9.17, 15) is 8.42 Å². The highest BCUT2D eigenvalue weighted by molar-refractivity contribution is 7.91. The molecule has 1 aromatic heterocycles. The number of thiazole rings is 1. The van der Waals surface area contributed by atoms with Crippen LogP contribution in [-0.2, 0) is 9.84 Å². The topological polar surface area (TPSA) is 50.3 Å². The van der Waals surface area contributed by atoms with Crippen LogP contribution in [0.1, 0.15) is 36.0 Å². The van der Waals surface area contributed by atoms with E-state index < -0.39 is 9.84 Å². The molecule has 0 aliphatic carbocycles. The normalized spacial score (nSPS) is 31.0. The summed E-state index contributed by atoms with van der Waals surface area (Å²) >= 11 is 1.70. The van der Waals surface area contributed by atoms with E-state index in [1.165, 1.54) is 12.1 Å². The molecule has 0 bridgehead atoms. The molecule has 2 saturated heterocycles. The van der Waals surface area contributed by atoms with Gasteiger partial charge in [0.2, 0.25) is 0 Å². The minimum Gasteiger partial charge on any atom is -0.294 e. The highest BCUT2D eigenvalue weighted by atomic mass is 32.2. The number of hydrogen-bond donors (Lipinski definition) is 0. The lowest BCUT2D eigenvalue weighted by molar-refractivity contribution is 0.221. The SMILES string of the molecule is Cc1nc(C2CCCN2CC2CCS(=O)(=O)C2)cs1. The summed E-state index contributed by atoms with van der Waals surface area (Å²) in [6.07, 6.45) is 3.19. The molecule has 2 atom stereocenters. The first-order valence-corrected chi connectivity index (χ1v) is 9.60. The summed E-state index contributed by atoms with van der Waals surface area (Å²) in [6.45, 7) is 4.04. The molecule has 106 valence electrons. The predicted molar refractivity (Wildman–Crippen MR) is 77.2 cm³/mol. The van der Waals surface area contributed by atoms with E-state index in [1.807, 2.05) is 6.92 Å². The number of nitrogens with zero attached hydrogens (tertiary/aromatic N) is 2. The molecule has 0 saturated carbocycles. The van der Waals surface area contributed by atoms with E-state index in [-0.39, 0.29) is 0 Å². The molecule has 0 N–H and O–H groups in total. The number of aromatic nitrogens is 1. The van der Waals surface area contributed by atoms with Crippen LogP contribution in [0.25, 0.3) is 0 Å². The minimum absolute atomic E-state index is 0.324. The maximum atomic E-state index is 11.5. The van der Waals surface area contributed by atoms with Crippen LogP contribution in [0.3, 0.4) is 0 Å². The van der Waals surface area contributed by atoms with Gasteiger partial charge in [0.05, 0.1) is 28.2 Å². The molecule has 2 fully saturated rings. The molecule has 2 aliphatic rings. The van der Waals surface area contributed by atoms with E-state index in [4.69, 9.17) is 0 Å². The molecule has 3 rings (SSSR count). The molecule has 2 unspecified atom stereocenters. The fourth-order valence-electron chi connectivity index (χ4n) is 3.26. The van der Waals surface area contributed by atoms with Gasteiger partial charge in [0, 0.05) is 11.9 Å². The Kier molecular flexibility index (Phi) is 3.66. The van der Waals surface area contributed by atoms with E-state index in [2.05, 4.69) is 15.3 Å². The Hall–Kier alpha value is -0.460. The maximum Gasteiger partial charge on any atom is 0.150 e. The average Bonchev–Trinajstić information content (AvgIpc) is 3.00. The highest BCUT2D eigenvalue weighted by Gasteiger charge is 2.34. The Morgan fingerprint density at radius 3 is 2.95 bits per heavy atom. The Bertz CT molecular complexity index is 553. The molecule has 19 heavy (non-hydrogen) atoms. The molecule has 0 radical (unpaired) electrons. The highest BCUT2D eigenvalue weighted by Crippen LogP contribution is 2.34. The zero-order chi connectivity index (χ0) is 13.5. The van der Waals surface area contributed by atoms with Gasteiger partial charge in [0.15, 0.2) is 9.84 Å². The van der Waals surface area contributed by atoms with Gasteiger partial charge in [0.1, 0.15) is 0 Å². The first-order chi connectivity index (χ1) is 9.03. The second-order valence-electron chi connectivity index (χ2n) is 5.71. The van der Waals surface area contributed by atoms with Crippen LogP contribution in [0.4, 0.5) is 0 Å². The fraction of sp³-hybridized carbons (Fsp3) is 0.769. The molecule has 0 amide bonds. The molecular formula is C13H20N2O2S2. The van der Waals surface area contributed by atoms with Gasteiger partial charge >= 0.3 is 0 Å². The molecule has 0 aromatic carbocycles. The number of hydrogen-bond acceptors (Lipinski definition) is 5. The van der Waals surface area contributed by atoms with E-state index >= 15 is 0 Å². The summed E-state index contributed by atoms with van der Waals surface area (Å²) < 4.78 is 23.1. The third-order valence-electron chi connectivity index (χ3n) is 4.16. The number of rotatable bonds is 3. The second-order valence-corrected chi connectivity index (χ2v) is 9.00. The number of likely N-dealkylation sites (tertiary alicyclic amines) is 1. The van der Waals surface area contributed by atoms with Crippen molar-refractivity contribution in [2.75, 3.05) is 24.6 Å². The van der Waals surface area contributed by atoms with Gasteiger partial charge in [-0.15, -0.1) is 11.3 Å². The monoisotopic (exact) mass is 300 g/mol. The summed E-state index contributed by atoms with van der Waals surface area (Å²) in [4.78, 5) is 7.05. The molecular weight excluding hydrogens is 280 g/mol. The van der Waals surface area contributed by atoms with Crippen molar-refractivity contribution in [3.63, 3.8) is 0 Å². The van der Waals surface area contributed by atoms with Crippen LogP contribution in [0, 0.1) is 12.8 Å². The third kappa shape index (κ3) is 3.01. The lowest BCUT2D eigenvalue weighted by Crippen LogP contribution is -2.30. The van der Waals surface area contributed by atoms with Gasteiger partial charge in [-0.25, -0.2) is 13.4 Å². The Morgan fingerprint density at radius 2 is 2.32 bits per heavy atom. The van der Waals surface area contributed by atoms with Crippen molar-refractivity contribution >= 4 is 21.2 Å². The average molecular weight is 300 g/mol. The van der Waals surface area contributed by atoms with E-state index in [1.54, 1.807) is 11.3 Å².